The van der Waals surface area contributed by atoms with Crippen molar-refractivity contribution in [1.82, 2.24) is 0 Å². The quantitative estimate of drug-likeness (QED) is 0.855. The Morgan fingerprint density at radius 1 is 1.39 bits per heavy atom. The third-order valence-corrected chi connectivity index (χ3v) is 5.32. The number of rotatable bonds is 4. The van der Waals surface area contributed by atoms with Gasteiger partial charge in [-0.1, -0.05) is 31.2 Å². The summed E-state index contributed by atoms with van der Waals surface area (Å²) >= 11 is 0. The van der Waals surface area contributed by atoms with Crippen LogP contribution in [0.1, 0.15) is 43.7 Å². The van der Waals surface area contributed by atoms with Gasteiger partial charge in [-0.3, -0.25) is 0 Å². The van der Waals surface area contributed by atoms with Crippen LogP contribution in [0.5, 0.6) is 0 Å². The highest BCUT2D eigenvalue weighted by molar-refractivity contribution is 5.43. The van der Waals surface area contributed by atoms with Crippen molar-refractivity contribution in [3.05, 3.63) is 35.4 Å². The Morgan fingerprint density at radius 3 is 2.72 bits per heavy atom. The van der Waals surface area contributed by atoms with Crippen LogP contribution in [-0.4, -0.2) is 17.3 Å². The van der Waals surface area contributed by atoms with Crippen LogP contribution in [0.3, 0.4) is 0 Å². The predicted molar refractivity (Wildman–Crippen MR) is 73.5 cm³/mol. The van der Waals surface area contributed by atoms with E-state index >= 15 is 0 Å². The molecule has 0 aliphatic heterocycles. The molecule has 0 aromatic heterocycles. The molecule has 2 aliphatic carbocycles. The first kappa shape index (κ1) is 12.2. The summed E-state index contributed by atoms with van der Waals surface area (Å²) in [6.45, 7) is 2.67. The molecule has 98 valence electrons. The lowest BCUT2D eigenvalue weighted by Gasteiger charge is -2.45. The molecule has 0 radical (unpaired) electrons. The van der Waals surface area contributed by atoms with E-state index in [1.165, 1.54) is 11.1 Å². The minimum absolute atomic E-state index is 0.209. The van der Waals surface area contributed by atoms with E-state index in [1.807, 2.05) is 0 Å². The molecule has 3 rings (SSSR count). The zero-order valence-corrected chi connectivity index (χ0v) is 11.2. The molecule has 0 spiro atoms. The maximum Gasteiger partial charge on any atom is 0.0781 e. The molecule has 1 saturated carbocycles. The number of fused-ring (bicyclic) bond motifs is 1. The van der Waals surface area contributed by atoms with E-state index in [4.69, 9.17) is 5.73 Å². The Kier molecular flexibility index (Phi) is 2.76. The predicted octanol–water partition coefficient (Wildman–Crippen LogP) is 2.38. The summed E-state index contributed by atoms with van der Waals surface area (Å²) < 4.78 is 0. The molecule has 1 aromatic rings. The number of benzene rings is 1. The molecular formula is C16H23NO. The van der Waals surface area contributed by atoms with Crippen molar-refractivity contribution < 1.29 is 5.11 Å². The van der Waals surface area contributed by atoms with E-state index in [0.29, 0.717) is 12.5 Å². The van der Waals surface area contributed by atoms with Crippen LogP contribution in [0.2, 0.25) is 0 Å². The van der Waals surface area contributed by atoms with Crippen LogP contribution in [-0.2, 0) is 11.8 Å². The monoisotopic (exact) mass is 245 g/mol. The first-order chi connectivity index (χ1) is 8.68. The first-order valence-electron chi connectivity index (χ1n) is 7.19. The zero-order valence-electron chi connectivity index (χ0n) is 11.2. The lowest BCUT2D eigenvalue weighted by Crippen LogP contribution is -2.56. The van der Waals surface area contributed by atoms with E-state index in [1.54, 1.807) is 0 Å². The third kappa shape index (κ3) is 1.42. The summed E-state index contributed by atoms with van der Waals surface area (Å²) in [4.78, 5) is 0. The van der Waals surface area contributed by atoms with Gasteiger partial charge >= 0.3 is 0 Å². The van der Waals surface area contributed by atoms with Gasteiger partial charge in [0.05, 0.1) is 5.60 Å². The Labute approximate surface area is 109 Å². The fourth-order valence-corrected chi connectivity index (χ4v) is 4.11. The molecule has 0 bridgehead atoms. The summed E-state index contributed by atoms with van der Waals surface area (Å²) in [5.41, 5.74) is 8.03. The van der Waals surface area contributed by atoms with Crippen LogP contribution in [0.4, 0.5) is 0 Å². The average molecular weight is 245 g/mol. The summed E-state index contributed by atoms with van der Waals surface area (Å²) in [6, 6.07) is 8.54. The zero-order chi connectivity index (χ0) is 12.8. The lowest BCUT2D eigenvalue weighted by atomic mass is 9.64. The van der Waals surface area contributed by atoms with Crippen molar-refractivity contribution in [2.75, 3.05) is 6.54 Å². The van der Waals surface area contributed by atoms with Crippen molar-refractivity contribution in [3.63, 3.8) is 0 Å². The van der Waals surface area contributed by atoms with Gasteiger partial charge < -0.3 is 10.8 Å². The summed E-state index contributed by atoms with van der Waals surface area (Å²) in [6.07, 6.45) is 5.19. The average Bonchev–Trinajstić information content (AvgIpc) is 3.20. The highest BCUT2D eigenvalue weighted by Gasteiger charge is 2.58. The molecule has 0 heterocycles. The number of hydrogen-bond acceptors (Lipinski definition) is 2. The Balaban J connectivity index is 2.11. The van der Waals surface area contributed by atoms with Crippen LogP contribution in [0.25, 0.3) is 0 Å². The first-order valence-corrected chi connectivity index (χ1v) is 7.19. The molecule has 2 atom stereocenters. The van der Waals surface area contributed by atoms with Gasteiger partial charge in [0.1, 0.15) is 0 Å². The molecule has 0 saturated heterocycles. The molecule has 1 fully saturated rings. The highest BCUT2D eigenvalue weighted by Crippen LogP contribution is 2.56. The van der Waals surface area contributed by atoms with Crippen LogP contribution in [0, 0.1) is 5.92 Å². The minimum atomic E-state index is -0.603. The van der Waals surface area contributed by atoms with E-state index in [0.717, 1.165) is 32.1 Å². The fourth-order valence-electron chi connectivity index (χ4n) is 4.11. The Hall–Kier alpha value is -0.860. The normalized spacial score (nSPS) is 29.9. The van der Waals surface area contributed by atoms with Gasteiger partial charge in [0, 0.05) is 12.0 Å². The van der Waals surface area contributed by atoms with Crippen LogP contribution in [0.15, 0.2) is 24.3 Å². The SMILES string of the molecule is CCC(O)(C1CC1)C1(CN)CCc2ccccc21. The van der Waals surface area contributed by atoms with Gasteiger partial charge in [0.25, 0.3) is 0 Å². The van der Waals surface area contributed by atoms with Gasteiger partial charge in [-0.2, -0.15) is 0 Å². The van der Waals surface area contributed by atoms with E-state index < -0.39 is 5.60 Å². The molecule has 2 unspecified atom stereocenters. The van der Waals surface area contributed by atoms with Gasteiger partial charge in [0.2, 0.25) is 0 Å². The van der Waals surface area contributed by atoms with Gasteiger partial charge in [-0.25, -0.2) is 0 Å². The highest BCUT2D eigenvalue weighted by atomic mass is 16.3. The van der Waals surface area contributed by atoms with E-state index in [-0.39, 0.29) is 5.41 Å². The number of aryl methyl sites for hydroxylation is 1. The largest absolute Gasteiger partial charge is 0.389 e. The number of nitrogens with two attached hydrogens (primary N) is 1. The molecule has 2 aliphatic rings. The van der Waals surface area contributed by atoms with Crippen molar-refractivity contribution in [2.24, 2.45) is 11.7 Å². The second-order valence-corrected chi connectivity index (χ2v) is 6.00. The van der Waals surface area contributed by atoms with E-state index in [2.05, 4.69) is 31.2 Å². The molecule has 18 heavy (non-hydrogen) atoms. The van der Waals surface area contributed by atoms with Crippen LogP contribution < -0.4 is 5.73 Å². The summed E-state index contributed by atoms with van der Waals surface area (Å²) in [5, 5.41) is 11.3. The number of hydrogen-bond donors (Lipinski definition) is 2. The molecule has 0 amide bonds. The third-order valence-electron chi connectivity index (χ3n) is 5.32. The van der Waals surface area contributed by atoms with Gasteiger partial charge in [0.15, 0.2) is 0 Å². The van der Waals surface area contributed by atoms with Crippen molar-refractivity contribution in [3.8, 4) is 0 Å². The molecule has 1 aromatic carbocycles. The lowest BCUT2D eigenvalue weighted by molar-refractivity contribution is -0.0602. The topological polar surface area (TPSA) is 46.2 Å². The molecular weight excluding hydrogens is 222 g/mol. The second-order valence-electron chi connectivity index (χ2n) is 6.00. The second kappa shape index (κ2) is 4.07. The molecule has 2 heteroatoms. The molecule has 2 nitrogen and oxygen atoms in total. The Bertz CT molecular complexity index is 454. The standard InChI is InChI=1S/C16H23NO/c1-2-16(18,13-7-8-13)15(11-17)10-9-12-5-3-4-6-14(12)15/h3-6,13,18H,2,7-11,17H2,1H3. The van der Waals surface area contributed by atoms with Crippen molar-refractivity contribution in [2.45, 2.75) is 50.0 Å². The summed E-state index contributed by atoms with van der Waals surface area (Å²) in [5.74, 6) is 0.456. The van der Waals surface area contributed by atoms with Gasteiger partial charge in [-0.05, 0) is 49.1 Å². The van der Waals surface area contributed by atoms with Gasteiger partial charge in [-0.15, -0.1) is 0 Å². The Morgan fingerprint density at radius 2 is 2.11 bits per heavy atom. The smallest absolute Gasteiger partial charge is 0.0781 e. The van der Waals surface area contributed by atoms with E-state index in [9.17, 15) is 5.11 Å². The van der Waals surface area contributed by atoms with Crippen molar-refractivity contribution in [1.29, 1.82) is 0 Å². The van der Waals surface area contributed by atoms with Crippen molar-refractivity contribution >= 4 is 0 Å². The number of aliphatic hydroxyl groups is 1. The minimum Gasteiger partial charge on any atom is -0.389 e. The molecule has 3 N–H and O–H groups in total. The maximum atomic E-state index is 11.3. The van der Waals surface area contributed by atoms with Crippen LogP contribution >= 0.6 is 0 Å². The fraction of sp³-hybridized carbons (Fsp3) is 0.625. The summed E-state index contributed by atoms with van der Waals surface area (Å²) in [7, 11) is 0. The maximum absolute atomic E-state index is 11.3.